The van der Waals surface area contributed by atoms with Gasteiger partial charge in [-0.15, -0.1) is 0 Å². The van der Waals surface area contributed by atoms with Crippen LogP contribution >= 0.6 is 15.9 Å². The van der Waals surface area contributed by atoms with Gasteiger partial charge in [0.05, 0.1) is 18.2 Å². The average Bonchev–Trinajstić information content (AvgIpc) is 2.60. The van der Waals surface area contributed by atoms with Crippen LogP contribution in [0.25, 0.3) is 0 Å². The average molecular weight is 284 g/mol. The van der Waals surface area contributed by atoms with Gasteiger partial charge in [0.2, 0.25) is 0 Å². The van der Waals surface area contributed by atoms with Crippen molar-refractivity contribution in [2.24, 2.45) is 5.92 Å². The maximum atomic E-state index is 11.8. The Hall–Kier alpha value is -0.870. The number of anilines is 1. The van der Waals surface area contributed by atoms with Crippen molar-refractivity contribution in [1.82, 2.24) is 0 Å². The van der Waals surface area contributed by atoms with Crippen LogP contribution in [0.5, 0.6) is 0 Å². The Bertz CT molecular complexity index is 406. The number of rotatable bonds is 2. The van der Waals surface area contributed by atoms with Crippen LogP contribution in [0.15, 0.2) is 28.7 Å². The van der Waals surface area contributed by atoms with E-state index in [-0.39, 0.29) is 12.0 Å². The van der Waals surface area contributed by atoms with E-state index in [1.165, 1.54) is 5.06 Å². The van der Waals surface area contributed by atoms with Gasteiger partial charge in [0.1, 0.15) is 0 Å². The standard InChI is InChI=1S/C12H14BrNO2/c1-8(2)11-7-12(15)14(16-11)10-5-3-4-9(13)6-10/h3-6,8,11H,7H2,1-2H3. The summed E-state index contributed by atoms with van der Waals surface area (Å²) in [5.41, 5.74) is 0.780. The first-order valence-corrected chi connectivity index (χ1v) is 6.12. The van der Waals surface area contributed by atoms with E-state index < -0.39 is 0 Å². The molecule has 3 nitrogen and oxygen atoms in total. The molecule has 1 unspecified atom stereocenters. The Morgan fingerprint density at radius 1 is 1.50 bits per heavy atom. The normalized spacial score (nSPS) is 20.9. The highest BCUT2D eigenvalue weighted by Gasteiger charge is 2.33. The van der Waals surface area contributed by atoms with Crippen LogP contribution in [0, 0.1) is 5.92 Å². The molecule has 1 saturated heterocycles. The van der Waals surface area contributed by atoms with E-state index in [0.717, 1.165) is 10.2 Å². The summed E-state index contributed by atoms with van der Waals surface area (Å²) in [6, 6.07) is 7.55. The minimum atomic E-state index is -0.00789. The van der Waals surface area contributed by atoms with Gasteiger partial charge < -0.3 is 0 Å². The van der Waals surface area contributed by atoms with Gasteiger partial charge >= 0.3 is 0 Å². The first-order chi connectivity index (χ1) is 7.58. The molecule has 1 atom stereocenters. The molecular weight excluding hydrogens is 270 g/mol. The molecule has 2 rings (SSSR count). The topological polar surface area (TPSA) is 29.5 Å². The lowest BCUT2D eigenvalue weighted by atomic mass is 10.1. The number of hydrogen-bond acceptors (Lipinski definition) is 2. The predicted molar refractivity (Wildman–Crippen MR) is 66.0 cm³/mol. The number of hydrogen-bond donors (Lipinski definition) is 0. The van der Waals surface area contributed by atoms with E-state index in [2.05, 4.69) is 29.8 Å². The van der Waals surface area contributed by atoms with Crippen molar-refractivity contribution < 1.29 is 9.63 Å². The zero-order valence-corrected chi connectivity index (χ0v) is 10.9. The Morgan fingerprint density at radius 2 is 2.25 bits per heavy atom. The van der Waals surface area contributed by atoms with E-state index in [0.29, 0.717) is 12.3 Å². The van der Waals surface area contributed by atoms with E-state index in [1.807, 2.05) is 24.3 Å². The molecule has 1 amide bonds. The SMILES string of the molecule is CC(C)C1CC(=O)N(c2cccc(Br)c2)O1. The van der Waals surface area contributed by atoms with Gasteiger partial charge in [-0.1, -0.05) is 35.8 Å². The molecular formula is C12H14BrNO2. The van der Waals surface area contributed by atoms with Crippen LogP contribution in [0.1, 0.15) is 20.3 Å². The molecule has 1 heterocycles. The van der Waals surface area contributed by atoms with Crippen molar-refractivity contribution in [2.45, 2.75) is 26.4 Å². The molecule has 1 aromatic carbocycles. The summed E-state index contributed by atoms with van der Waals surface area (Å²) < 4.78 is 0.939. The molecule has 0 bridgehead atoms. The summed E-state index contributed by atoms with van der Waals surface area (Å²) in [5.74, 6) is 0.373. The lowest BCUT2D eigenvalue weighted by Crippen LogP contribution is -2.23. The maximum absolute atomic E-state index is 11.8. The fourth-order valence-corrected chi connectivity index (χ4v) is 2.04. The molecule has 86 valence electrons. The maximum Gasteiger partial charge on any atom is 0.253 e. The third-order valence-corrected chi connectivity index (χ3v) is 3.12. The smallest absolute Gasteiger partial charge is 0.253 e. The Morgan fingerprint density at radius 3 is 2.81 bits per heavy atom. The Labute approximate surface area is 103 Å². The van der Waals surface area contributed by atoms with Crippen molar-refractivity contribution >= 4 is 27.5 Å². The van der Waals surface area contributed by atoms with Crippen LogP contribution in [0.4, 0.5) is 5.69 Å². The second kappa shape index (κ2) is 4.55. The fraction of sp³-hybridized carbons (Fsp3) is 0.417. The first-order valence-electron chi connectivity index (χ1n) is 5.33. The summed E-state index contributed by atoms with van der Waals surface area (Å²) in [6.45, 7) is 4.12. The molecule has 1 aliphatic rings. The molecule has 16 heavy (non-hydrogen) atoms. The zero-order valence-electron chi connectivity index (χ0n) is 9.31. The van der Waals surface area contributed by atoms with Crippen LogP contribution in [-0.2, 0) is 9.63 Å². The summed E-state index contributed by atoms with van der Waals surface area (Å²) in [5, 5.41) is 1.40. The van der Waals surface area contributed by atoms with Crippen molar-refractivity contribution in [3.05, 3.63) is 28.7 Å². The highest BCUT2D eigenvalue weighted by Crippen LogP contribution is 2.28. The predicted octanol–water partition coefficient (Wildman–Crippen LogP) is 3.14. The van der Waals surface area contributed by atoms with Gasteiger partial charge in [0, 0.05) is 4.47 Å². The molecule has 1 fully saturated rings. The van der Waals surface area contributed by atoms with E-state index >= 15 is 0 Å². The number of carbonyl (C=O) groups is 1. The monoisotopic (exact) mass is 283 g/mol. The molecule has 1 aromatic rings. The number of halogens is 1. The second-order valence-corrected chi connectivity index (χ2v) is 5.18. The van der Waals surface area contributed by atoms with Crippen LogP contribution in [0.2, 0.25) is 0 Å². The molecule has 0 radical (unpaired) electrons. The van der Waals surface area contributed by atoms with Crippen LogP contribution in [0.3, 0.4) is 0 Å². The molecule has 4 heteroatoms. The van der Waals surface area contributed by atoms with Gasteiger partial charge in [-0.25, -0.2) is 0 Å². The van der Waals surface area contributed by atoms with Crippen LogP contribution in [-0.4, -0.2) is 12.0 Å². The summed E-state index contributed by atoms with van der Waals surface area (Å²) in [4.78, 5) is 17.4. The molecule has 0 saturated carbocycles. The number of carbonyl (C=O) groups excluding carboxylic acids is 1. The van der Waals surface area contributed by atoms with Crippen molar-refractivity contribution in [1.29, 1.82) is 0 Å². The second-order valence-electron chi connectivity index (χ2n) is 4.26. The molecule has 1 aliphatic heterocycles. The Kier molecular flexibility index (Phi) is 3.30. The minimum absolute atomic E-state index is 0.00789. The lowest BCUT2D eigenvalue weighted by molar-refractivity contribution is -0.119. The summed E-state index contributed by atoms with van der Waals surface area (Å²) in [6.07, 6.45) is 0.455. The van der Waals surface area contributed by atoms with E-state index in [9.17, 15) is 4.79 Å². The quantitative estimate of drug-likeness (QED) is 0.835. The van der Waals surface area contributed by atoms with E-state index in [1.54, 1.807) is 0 Å². The van der Waals surface area contributed by atoms with Gasteiger partial charge in [-0.3, -0.25) is 9.63 Å². The molecule has 0 spiro atoms. The van der Waals surface area contributed by atoms with E-state index in [4.69, 9.17) is 4.84 Å². The summed E-state index contributed by atoms with van der Waals surface area (Å²) >= 11 is 3.38. The largest absolute Gasteiger partial charge is 0.272 e. The third-order valence-electron chi connectivity index (χ3n) is 2.63. The Balaban J connectivity index is 2.20. The highest BCUT2D eigenvalue weighted by atomic mass is 79.9. The molecule has 0 aliphatic carbocycles. The minimum Gasteiger partial charge on any atom is -0.272 e. The number of nitrogens with zero attached hydrogens (tertiary/aromatic N) is 1. The fourth-order valence-electron chi connectivity index (χ4n) is 1.65. The number of hydroxylamine groups is 1. The van der Waals surface area contributed by atoms with Crippen molar-refractivity contribution in [2.75, 3.05) is 5.06 Å². The lowest BCUT2D eigenvalue weighted by Gasteiger charge is -2.18. The van der Waals surface area contributed by atoms with Crippen molar-refractivity contribution in [3.8, 4) is 0 Å². The van der Waals surface area contributed by atoms with Gasteiger partial charge in [-0.2, -0.15) is 5.06 Å². The van der Waals surface area contributed by atoms with Gasteiger partial charge in [0.15, 0.2) is 0 Å². The highest BCUT2D eigenvalue weighted by molar-refractivity contribution is 9.10. The number of benzene rings is 1. The molecule has 0 aromatic heterocycles. The third kappa shape index (κ3) is 2.28. The molecule has 0 N–H and O–H groups in total. The number of amides is 1. The van der Waals surface area contributed by atoms with Gasteiger partial charge in [-0.05, 0) is 24.1 Å². The first kappa shape index (κ1) is 11.6. The van der Waals surface area contributed by atoms with Gasteiger partial charge in [0.25, 0.3) is 5.91 Å². The summed E-state index contributed by atoms with van der Waals surface area (Å²) in [7, 11) is 0. The zero-order chi connectivity index (χ0) is 11.7. The van der Waals surface area contributed by atoms with Crippen LogP contribution < -0.4 is 5.06 Å². The van der Waals surface area contributed by atoms with Crippen molar-refractivity contribution in [3.63, 3.8) is 0 Å².